The van der Waals surface area contributed by atoms with E-state index in [4.69, 9.17) is 5.73 Å². The Morgan fingerprint density at radius 1 is 0.889 bits per heavy atom. The average molecular weight is 248 g/mol. The Morgan fingerprint density at radius 3 is 2.28 bits per heavy atom. The Hall–Kier alpha value is -1.94. The van der Waals surface area contributed by atoms with E-state index in [2.05, 4.69) is 5.32 Å². The Bertz CT molecular complexity index is 541. The van der Waals surface area contributed by atoms with Gasteiger partial charge in [-0.25, -0.2) is 8.78 Å². The van der Waals surface area contributed by atoms with Crippen LogP contribution in [0.4, 0.5) is 14.5 Å². The van der Waals surface area contributed by atoms with Crippen LogP contribution >= 0.6 is 0 Å². The summed E-state index contributed by atoms with van der Waals surface area (Å²) < 4.78 is 25.7. The van der Waals surface area contributed by atoms with Gasteiger partial charge < -0.3 is 11.1 Å². The predicted molar refractivity (Wildman–Crippen MR) is 67.8 cm³/mol. The Balaban J connectivity index is 1.90. The number of rotatable bonds is 4. The molecule has 0 aliphatic heterocycles. The summed E-state index contributed by atoms with van der Waals surface area (Å²) in [5.41, 5.74) is 8.13. The number of hydrogen-bond acceptors (Lipinski definition) is 2. The molecule has 3 N–H and O–H groups in total. The molecule has 0 saturated carbocycles. The summed E-state index contributed by atoms with van der Waals surface area (Å²) in [7, 11) is 0. The van der Waals surface area contributed by atoms with Crippen LogP contribution in [0.5, 0.6) is 0 Å². The molecule has 2 aromatic rings. The van der Waals surface area contributed by atoms with Crippen LogP contribution in [0, 0.1) is 11.6 Å². The van der Waals surface area contributed by atoms with E-state index in [0.29, 0.717) is 24.3 Å². The number of halogens is 2. The van der Waals surface area contributed by atoms with Gasteiger partial charge in [0.25, 0.3) is 0 Å². The quantitative estimate of drug-likeness (QED) is 0.816. The Morgan fingerprint density at radius 2 is 1.61 bits per heavy atom. The van der Waals surface area contributed by atoms with Crippen molar-refractivity contribution in [2.75, 3.05) is 5.73 Å². The monoisotopic (exact) mass is 248 g/mol. The maximum Gasteiger partial charge on any atom is 0.159 e. The molecule has 94 valence electrons. The standard InChI is InChI=1S/C14H14F2N2/c15-13-5-4-11(7-14(13)16)9-18-8-10-2-1-3-12(17)6-10/h1-7,18H,8-9,17H2. The molecule has 0 aromatic heterocycles. The Kier molecular flexibility index (Phi) is 3.89. The second-order valence-corrected chi connectivity index (χ2v) is 4.10. The van der Waals surface area contributed by atoms with Crippen LogP contribution in [0.3, 0.4) is 0 Å². The molecule has 2 rings (SSSR count). The third-order valence-corrected chi connectivity index (χ3v) is 2.59. The lowest BCUT2D eigenvalue weighted by atomic mass is 10.2. The molecule has 4 heteroatoms. The first-order valence-electron chi connectivity index (χ1n) is 5.64. The van der Waals surface area contributed by atoms with Crippen LogP contribution in [0.25, 0.3) is 0 Å². The van der Waals surface area contributed by atoms with Crippen molar-refractivity contribution in [2.24, 2.45) is 0 Å². The van der Waals surface area contributed by atoms with E-state index in [1.165, 1.54) is 6.07 Å². The van der Waals surface area contributed by atoms with Crippen molar-refractivity contribution in [2.45, 2.75) is 13.1 Å². The zero-order valence-corrected chi connectivity index (χ0v) is 9.79. The van der Waals surface area contributed by atoms with Gasteiger partial charge in [-0.05, 0) is 35.4 Å². The van der Waals surface area contributed by atoms with Crippen LogP contribution in [-0.4, -0.2) is 0 Å². The topological polar surface area (TPSA) is 38.0 Å². The number of anilines is 1. The Labute approximate surface area is 104 Å². The van der Waals surface area contributed by atoms with Gasteiger partial charge in [-0.1, -0.05) is 18.2 Å². The smallest absolute Gasteiger partial charge is 0.159 e. The summed E-state index contributed by atoms with van der Waals surface area (Å²) in [6, 6.07) is 11.4. The van der Waals surface area contributed by atoms with Gasteiger partial charge in [0.05, 0.1) is 0 Å². The molecule has 0 bridgehead atoms. The van der Waals surface area contributed by atoms with Gasteiger partial charge in [0.2, 0.25) is 0 Å². The second-order valence-electron chi connectivity index (χ2n) is 4.10. The second kappa shape index (κ2) is 5.60. The molecule has 18 heavy (non-hydrogen) atoms. The lowest BCUT2D eigenvalue weighted by Gasteiger charge is -2.06. The summed E-state index contributed by atoms with van der Waals surface area (Å²) >= 11 is 0. The van der Waals surface area contributed by atoms with Crippen molar-refractivity contribution in [3.8, 4) is 0 Å². The number of nitrogens with two attached hydrogens (primary N) is 1. The highest BCUT2D eigenvalue weighted by molar-refractivity contribution is 5.40. The van der Waals surface area contributed by atoms with E-state index in [1.807, 2.05) is 24.3 Å². The van der Waals surface area contributed by atoms with Crippen molar-refractivity contribution >= 4 is 5.69 Å². The molecule has 0 unspecified atom stereocenters. The van der Waals surface area contributed by atoms with E-state index >= 15 is 0 Å². The molecule has 0 aliphatic carbocycles. The zero-order valence-electron chi connectivity index (χ0n) is 9.79. The van der Waals surface area contributed by atoms with Crippen LogP contribution in [0.15, 0.2) is 42.5 Å². The van der Waals surface area contributed by atoms with Crippen molar-refractivity contribution in [1.82, 2.24) is 5.32 Å². The molecular weight excluding hydrogens is 234 g/mol. The van der Waals surface area contributed by atoms with Gasteiger partial charge in [-0.2, -0.15) is 0 Å². The zero-order chi connectivity index (χ0) is 13.0. The van der Waals surface area contributed by atoms with Gasteiger partial charge in [-0.15, -0.1) is 0 Å². The maximum absolute atomic E-state index is 13.0. The summed E-state index contributed by atoms with van der Waals surface area (Å²) in [4.78, 5) is 0. The fraction of sp³-hybridized carbons (Fsp3) is 0.143. The van der Waals surface area contributed by atoms with E-state index in [0.717, 1.165) is 11.6 Å². The van der Waals surface area contributed by atoms with Crippen molar-refractivity contribution in [3.63, 3.8) is 0 Å². The van der Waals surface area contributed by atoms with Gasteiger partial charge in [-0.3, -0.25) is 0 Å². The highest BCUT2D eigenvalue weighted by Crippen LogP contribution is 2.09. The third kappa shape index (κ3) is 3.28. The van der Waals surface area contributed by atoms with Gasteiger partial charge >= 0.3 is 0 Å². The first-order valence-corrected chi connectivity index (χ1v) is 5.64. The lowest BCUT2D eigenvalue weighted by Crippen LogP contribution is -2.13. The minimum atomic E-state index is -0.824. The highest BCUT2D eigenvalue weighted by atomic mass is 19.2. The largest absolute Gasteiger partial charge is 0.399 e. The van der Waals surface area contributed by atoms with E-state index < -0.39 is 11.6 Å². The van der Waals surface area contributed by atoms with E-state index in [1.54, 1.807) is 6.07 Å². The summed E-state index contributed by atoms with van der Waals surface area (Å²) in [5.74, 6) is -1.65. The van der Waals surface area contributed by atoms with Crippen LogP contribution in [0.1, 0.15) is 11.1 Å². The number of nitrogen functional groups attached to an aromatic ring is 1. The molecular formula is C14H14F2N2. The maximum atomic E-state index is 13.0. The SMILES string of the molecule is Nc1cccc(CNCc2ccc(F)c(F)c2)c1. The molecule has 0 fully saturated rings. The molecule has 0 spiro atoms. The highest BCUT2D eigenvalue weighted by Gasteiger charge is 2.02. The number of benzene rings is 2. The molecule has 0 radical (unpaired) electrons. The van der Waals surface area contributed by atoms with Gasteiger partial charge in [0.15, 0.2) is 11.6 Å². The minimum Gasteiger partial charge on any atom is -0.399 e. The van der Waals surface area contributed by atoms with Gasteiger partial charge in [0.1, 0.15) is 0 Å². The van der Waals surface area contributed by atoms with Crippen LogP contribution in [0.2, 0.25) is 0 Å². The summed E-state index contributed by atoms with van der Waals surface area (Å²) in [6.07, 6.45) is 0. The van der Waals surface area contributed by atoms with Gasteiger partial charge in [0, 0.05) is 18.8 Å². The molecule has 0 aliphatic rings. The molecule has 0 saturated heterocycles. The number of nitrogens with one attached hydrogen (secondary N) is 1. The molecule has 0 heterocycles. The molecule has 0 amide bonds. The molecule has 2 aromatic carbocycles. The minimum absolute atomic E-state index is 0.478. The molecule has 0 atom stereocenters. The summed E-state index contributed by atoms with van der Waals surface area (Å²) in [5, 5.41) is 3.15. The normalized spacial score (nSPS) is 10.6. The first kappa shape index (κ1) is 12.5. The summed E-state index contributed by atoms with van der Waals surface area (Å²) in [6.45, 7) is 1.11. The average Bonchev–Trinajstić information content (AvgIpc) is 2.34. The first-order chi connectivity index (χ1) is 8.65. The lowest BCUT2D eigenvalue weighted by molar-refractivity contribution is 0.506. The fourth-order valence-corrected chi connectivity index (χ4v) is 1.70. The van der Waals surface area contributed by atoms with Crippen LogP contribution < -0.4 is 11.1 Å². The van der Waals surface area contributed by atoms with Crippen molar-refractivity contribution < 1.29 is 8.78 Å². The fourth-order valence-electron chi connectivity index (χ4n) is 1.70. The third-order valence-electron chi connectivity index (χ3n) is 2.59. The van der Waals surface area contributed by atoms with Crippen molar-refractivity contribution in [3.05, 3.63) is 65.2 Å². The molecule has 2 nitrogen and oxygen atoms in total. The predicted octanol–water partition coefficient (Wildman–Crippen LogP) is 2.84. The van der Waals surface area contributed by atoms with E-state index in [9.17, 15) is 8.78 Å². The van der Waals surface area contributed by atoms with E-state index in [-0.39, 0.29) is 0 Å². The number of hydrogen-bond donors (Lipinski definition) is 2. The van der Waals surface area contributed by atoms with Crippen LogP contribution in [-0.2, 0) is 13.1 Å². The van der Waals surface area contributed by atoms with Crippen molar-refractivity contribution in [1.29, 1.82) is 0 Å².